The highest BCUT2D eigenvalue weighted by Gasteiger charge is 2.20. The molecule has 1 aromatic carbocycles. The molecule has 0 saturated heterocycles. The van der Waals surface area contributed by atoms with Gasteiger partial charge in [-0.05, 0) is 37.6 Å². The summed E-state index contributed by atoms with van der Waals surface area (Å²) < 4.78 is 7.85. The van der Waals surface area contributed by atoms with E-state index in [0.717, 1.165) is 10.0 Å². The summed E-state index contributed by atoms with van der Waals surface area (Å²) in [6, 6.07) is 5.53. The van der Waals surface area contributed by atoms with Gasteiger partial charge in [0.05, 0.1) is 13.3 Å². The van der Waals surface area contributed by atoms with Crippen molar-refractivity contribution in [1.82, 2.24) is 9.78 Å². The summed E-state index contributed by atoms with van der Waals surface area (Å²) in [6.07, 6.45) is 1.57. The molecule has 2 aromatic rings. The molecule has 0 amide bonds. The van der Waals surface area contributed by atoms with Gasteiger partial charge in [-0.25, -0.2) is 0 Å². The molecule has 100 valence electrons. The molecule has 1 heterocycles. The van der Waals surface area contributed by atoms with Gasteiger partial charge in [0, 0.05) is 16.6 Å². The molecule has 0 unspecified atom stereocenters. The lowest BCUT2D eigenvalue weighted by Gasteiger charge is -2.07. The molecular weight excluding hydrogens is 308 g/mol. The normalized spacial score (nSPS) is 10.5. The number of carbonyl (C=O) groups is 1. The smallest absolute Gasteiger partial charge is 0.214 e. The number of benzene rings is 1. The van der Waals surface area contributed by atoms with Crippen molar-refractivity contribution in [1.29, 1.82) is 0 Å². The van der Waals surface area contributed by atoms with E-state index in [1.165, 1.54) is 0 Å². The summed E-state index contributed by atoms with van der Waals surface area (Å²) in [5.41, 5.74) is 2.15. The summed E-state index contributed by atoms with van der Waals surface area (Å²) in [5, 5.41) is 4.15. The highest BCUT2D eigenvalue weighted by Crippen LogP contribution is 2.24. The van der Waals surface area contributed by atoms with Crippen molar-refractivity contribution in [3.63, 3.8) is 0 Å². The van der Waals surface area contributed by atoms with Crippen LogP contribution in [0.25, 0.3) is 0 Å². The summed E-state index contributed by atoms with van der Waals surface area (Å²) in [5.74, 6) is 0.430. The summed E-state index contributed by atoms with van der Waals surface area (Å²) in [7, 11) is 1.54. The van der Waals surface area contributed by atoms with Gasteiger partial charge in [0.15, 0.2) is 11.4 Å². The molecule has 0 spiro atoms. The number of aryl methyl sites for hydroxylation is 2. The minimum absolute atomic E-state index is 0.0770. The number of aromatic nitrogens is 2. The van der Waals surface area contributed by atoms with E-state index in [0.29, 0.717) is 23.6 Å². The second-order valence-electron chi connectivity index (χ2n) is 4.17. The average Bonchev–Trinajstić information content (AvgIpc) is 2.83. The van der Waals surface area contributed by atoms with E-state index in [9.17, 15) is 4.79 Å². The monoisotopic (exact) mass is 322 g/mol. The first kappa shape index (κ1) is 13.8. The lowest BCUT2D eigenvalue weighted by molar-refractivity contribution is 0.102. The Morgan fingerprint density at radius 3 is 2.79 bits per heavy atom. The first-order valence-corrected chi connectivity index (χ1v) is 6.78. The Bertz CT molecular complexity index is 598. The number of rotatable bonds is 4. The zero-order valence-corrected chi connectivity index (χ0v) is 12.7. The van der Waals surface area contributed by atoms with E-state index in [4.69, 9.17) is 4.74 Å². The molecule has 0 saturated carbocycles. The molecule has 0 aliphatic carbocycles. The van der Waals surface area contributed by atoms with Gasteiger partial charge in [0.1, 0.15) is 0 Å². The van der Waals surface area contributed by atoms with Crippen LogP contribution in [0, 0.1) is 6.92 Å². The molecule has 2 rings (SSSR count). The summed E-state index contributed by atoms with van der Waals surface area (Å²) >= 11 is 3.43. The molecule has 4 nitrogen and oxygen atoms in total. The van der Waals surface area contributed by atoms with Crippen LogP contribution in [-0.2, 0) is 6.54 Å². The number of nitrogens with zero attached hydrogens (tertiary/aromatic N) is 2. The highest BCUT2D eigenvalue weighted by molar-refractivity contribution is 9.10. The Hall–Kier alpha value is -1.62. The second kappa shape index (κ2) is 5.57. The van der Waals surface area contributed by atoms with E-state index in [1.54, 1.807) is 24.1 Å². The Balaban J connectivity index is 2.49. The third-order valence-corrected chi connectivity index (χ3v) is 3.85. The molecule has 0 aliphatic rings. The van der Waals surface area contributed by atoms with Gasteiger partial charge in [-0.2, -0.15) is 5.10 Å². The number of carbonyl (C=O) groups excluding carboxylic acids is 1. The molecule has 0 fully saturated rings. The zero-order chi connectivity index (χ0) is 14.0. The van der Waals surface area contributed by atoms with Crippen molar-refractivity contribution < 1.29 is 9.53 Å². The van der Waals surface area contributed by atoms with Gasteiger partial charge in [0.2, 0.25) is 5.78 Å². The Labute approximate surface area is 120 Å². The van der Waals surface area contributed by atoms with E-state index >= 15 is 0 Å². The van der Waals surface area contributed by atoms with Crippen molar-refractivity contribution in [2.24, 2.45) is 0 Å². The van der Waals surface area contributed by atoms with Crippen molar-refractivity contribution in [3.05, 3.63) is 45.7 Å². The van der Waals surface area contributed by atoms with Crippen LogP contribution in [0.1, 0.15) is 28.5 Å². The van der Waals surface area contributed by atoms with Crippen LogP contribution in [0.2, 0.25) is 0 Å². The SMILES string of the molecule is CCn1ncc(OC)c1C(=O)c1ccc(Br)c(C)c1. The number of ketones is 1. The molecule has 0 aliphatic heterocycles. The van der Waals surface area contributed by atoms with Crippen LogP contribution >= 0.6 is 15.9 Å². The third-order valence-electron chi connectivity index (χ3n) is 2.96. The number of ether oxygens (including phenoxy) is 1. The van der Waals surface area contributed by atoms with E-state index < -0.39 is 0 Å². The summed E-state index contributed by atoms with van der Waals surface area (Å²) in [4.78, 5) is 12.6. The average molecular weight is 323 g/mol. The van der Waals surface area contributed by atoms with E-state index in [1.807, 2.05) is 26.0 Å². The van der Waals surface area contributed by atoms with Gasteiger partial charge in [-0.3, -0.25) is 9.48 Å². The van der Waals surface area contributed by atoms with Crippen LogP contribution in [0.15, 0.2) is 28.9 Å². The lowest BCUT2D eigenvalue weighted by atomic mass is 10.1. The molecular formula is C14H15BrN2O2. The molecule has 1 aromatic heterocycles. The van der Waals surface area contributed by atoms with Crippen molar-refractivity contribution in [2.45, 2.75) is 20.4 Å². The van der Waals surface area contributed by atoms with E-state index in [-0.39, 0.29) is 5.78 Å². The predicted octanol–water partition coefficient (Wildman–Crippen LogP) is 3.21. The Kier molecular flexibility index (Phi) is 4.04. The molecule has 5 heteroatoms. The van der Waals surface area contributed by atoms with E-state index in [2.05, 4.69) is 21.0 Å². The van der Waals surface area contributed by atoms with Crippen LogP contribution in [0.4, 0.5) is 0 Å². The largest absolute Gasteiger partial charge is 0.493 e. The zero-order valence-electron chi connectivity index (χ0n) is 11.1. The van der Waals surface area contributed by atoms with Crippen LogP contribution < -0.4 is 4.74 Å². The fourth-order valence-electron chi connectivity index (χ4n) is 1.91. The third kappa shape index (κ3) is 2.56. The number of halogens is 1. The summed E-state index contributed by atoms with van der Waals surface area (Å²) in [6.45, 7) is 4.52. The van der Waals surface area contributed by atoms with Crippen molar-refractivity contribution in [3.8, 4) is 5.75 Å². The Morgan fingerprint density at radius 2 is 2.21 bits per heavy atom. The second-order valence-corrected chi connectivity index (χ2v) is 5.02. The van der Waals surface area contributed by atoms with Gasteiger partial charge in [-0.15, -0.1) is 0 Å². The minimum atomic E-state index is -0.0770. The van der Waals surface area contributed by atoms with Crippen LogP contribution in [0.5, 0.6) is 5.75 Å². The minimum Gasteiger partial charge on any atom is -0.493 e. The number of methoxy groups -OCH3 is 1. The quantitative estimate of drug-likeness (QED) is 0.812. The molecule has 0 bridgehead atoms. The van der Waals surface area contributed by atoms with Gasteiger partial charge in [-0.1, -0.05) is 15.9 Å². The van der Waals surface area contributed by atoms with Gasteiger partial charge >= 0.3 is 0 Å². The number of hydrogen-bond donors (Lipinski definition) is 0. The predicted molar refractivity (Wildman–Crippen MR) is 76.8 cm³/mol. The number of hydrogen-bond acceptors (Lipinski definition) is 3. The standard InChI is InChI=1S/C14H15BrN2O2/c1-4-17-13(12(19-3)8-16-17)14(18)10-5-6-11(15)9(2)7-10/h5-8H,4H2,1-3H3. The molecule has 0 N–H and O–H groups in total. The molecule has 19 heavy (non-hydrogen) atoms. The lowest BCUT2D eigenvalue weighted by Crippen LogP contribution is -2.12. The van der Waals surface area contributed by atoms with Crippen molar-refractivity contribution in [2.75, 3.05) is 7.11 Å². The molecule has 0 radical (unpaired) electrons. The first-order valence-electron chi connectivity index (χ1n) is 5.99. The fourth-order valence-corrected chi connectivity index (χ4v) is 2.16. The maximum absolute atomic E-state index is 12.6. The maximum Gasteiger partial charge on any atom is 0.214 e. The van der Waals surface area contributed by atoms with Gasteiger partial charge < -0.3 is 4.74 Å². The fraction of sp³-hybridized carbons (Fsp3) is 0.286. The van der Waals surface area contributed by atoms with Crippen LogP contribution in [0.3, 0.4) is 0 Å². The van der Waals surface area contributed by atoms with Gasteiger partial charge in [0.25, 0.3) is 0 Å². The van der Waals surface area contributed by atoms with Crippen molar-refractivity contribution >= 4 is 21.7 Å². The maximum atomic E-state index is 12.6. The van der Waals surface area contributed by atoms with Crippen LogP contribution in [-0.4, -0.2) is 22.7 Å². The Morgan fingerprint density at radius 1 is 1.47 bits per heavy atom. The molecule has 0 atom stereocenters. The topological polar surface area (TPSA) is 44.1 Å². The first-order chi connectivity index (χ1) is 9.08. The highest BCUT2D eigenvalue weighted by atomic mass is 79.9.